The molecule has 0 saturated heterocycles. The van der Waals surface area contributed by atoms with Gasteiger partial charge < -0.3 is 5.32 Å². The Morgan fingerprint density at radius 3 is 2.67 bits per heavy atom. The van der Waals surface area contributed by atoms with E-state index in [-0.39, 0.29) is 0 Å². The van der Waals surface area contributed by atoms with Gasteiger partial charge in [0, 0.05) is 0 Å². The first kappa shape index (κ1) is 16.5. The largest absolute Gasteiger partial charge is 0.316 e. The third kappa shape index (κ3) is 4.85. The number of aryl methyl sites for hydroxylation is 1. The minimum atomic E-state index is 0.522. The van der Waals surface area contributed by atoms with Crippen LogP contribution in [0.3, 0.4) is 0 Å². The summed E-state index contributed by atoms with van der Waals surface area (Å²) in [4.78, 5) is 0. The van der Waals surface area contributed by atoms with E-state index in [9.17, 15) is 0 Å². The van der Waals surface area contributed by atoms with E-state index in [1.54, 1.807) is 5.56 Å². The van der Waals surface area contributed by atoms with Gasteiger partial charge in [-0.2, -0.15) is 0 Å². The molecule has 118 valence electrons. The Hall–Kier alpha value is -0.820. The van der Waals surface area contributed by atoms with Gasteiger partial charge in [-0.15, -0.1) is 0 Å². The van der Waals surface area contributed by atoms with E-state index in [4.69, 9.17) is 0 Å². The summed E-state index contributed by atoms with van der Waals surface area (Å²) in [7, 11) is 0. The molecule has 1 fully saturated rings. The van der Waals surface area contributed by atoms with Crippen LogP contribution in [0, 0.1) is 24.2 Å². The molecule has 0 aromatic heterocycles. The van der Waals surface area contributed by atoms with E-state index in [1.165, 1.54) is 44.2 Å². The second-order valence-corrected chi connectivity index (χ2v) is 7.76. The molecule has 1 heteroatoms. The van der Waals surface area contributed by atoms with Gasteiger partial charge in [0.15, 0.2) is 0 Å². The maximum Gasteiger partial charge on any atom is -0.00177 e. The molecule has 2 atom stereocenters. The van der Waals surface area contributed by atoms with E-state index in [1.807, 2.05) is 0 Å². The highest BCUT2D eigenvalue weighted by atomic mass is 14.9. The predicted molar refractivity (Wildman–Crippen MR) is 92.7 cm³/mol. The summed E-state index contributed by atoms with van der Waals surface area (Å²) >= 11 is 0. The fourth-order valence-electron chi connectivity index (χ4n) is 3.88. The second kappa shape index (κ2) is 7.45. The van der Waals surface area contributed by atoms with E-state index >= 15 is 0 Å². The molecule has 1 aromatic rings. The molecule has 0 spiro atoms. The zero-order valence-electron chi connectivity index (χ0n) is 14.4. The summed E-state index contributed by atoms with van der Waals surface area (Å²) in [5.41, 5.74) is 3.54. The third-order valence-corrected chi connectivity index (χ3v) is 5.25. The first-order valence-electron chi connectivity index (χ1n) is 8.77. The van der Waals surface area contributed by atoms with Crippen molar-refractivity contribution >= 4 is 0 Å². The van der Waals surface area contributed by atoms with Crippen LogP contribution in [-0.4, -0.2) is 13.1 Å². The van der Waals surface area contributed by atoms with Crippen molar-refractivity contribution in [2.24, 2.45) is 17.3 Å². The molecule has 0 heterocycles. The van der Waals surface area contributed by atoms with Crippen molar-refractivity contribution in [2.45, 2.75) is 59.8 Å². The van der Waals surface area contributed by atoms with Crippen LogP contribution in [0.5, 0.6) is 0 Å². The van der Waals surface area contributed by atoms with Crippen LogP contribution >= 0.6 is 0 Å². The Morgan fingerprint density at radius 2 is 1.95 bits per heavy atom. The lowest BCUT2D eigenvalue weighted by Crippen LogP contribution is -2.37. The normalized spacial score (nSPS) is 25.0. The highest BCUT2D eigenvalue weighted by Gasteiger charge is 2.34. The monoisotopic (exact) mass is 287 g/mol. The van der Waals surface area contributed by atoms with Crippen molar-refractivity contribution in [2.75, 3.05) is 13.1 Å². The molecule has 0 radical (unpaired) electrons. The summed E-state index contributed by atoms with van der Waals surface area (Å²) in [6, 6.07) is 8.94. The Bertz CT molecular complexity index is 435. The van der Waals surface area contributed by atoms with Gasteiger partial charge in [0.2, 0.25) is 0 Å². The third-order valence-electron chi connectivity index (χ3n) is 5.25. The van der Waals surface area contributed by atoms with Crippen LogP contribution in [0.15, 0.2) is 24.3 Å². The summed E-state index contributed by atoms with van der Waals surface area (Å²) in [6.45, 7) is 11.8. The van der Waals surface area contributed by atoms with Gasteiger partial charge in [0.1, 0.15) is 0 Å². The summed E-state index contributed by atoms with van der Waals surface area (Å²) in [5.74, 6) is 1.68. The van der Waals surface area contributed by atoms with Crippen LogP contribution in [0.25, 0.3) is 0 Å². The highest BCUT2D eigenvalue weighted by molar-refractivity contribution is 5.26. The SMILES string of the molecule is CCCNCC1CCC(C)(C)CC1Cc1ccccc1C. The number of hydrogen-bond donors (Lipinski definition) is 1. The van der Waals surface area contributed by atoms with Crippen molar-refractivity contribution in [1.29, 1.82) is 0 Å². The number of hydrogen-bond acceptors (Lipinski definition) is 1. The summed E-state index contributed by atoms with van der Waals surface area (Å²) in [6.07, 6.45) is 6.64. The maximum atomic E-state index is 3.66. The molecular weight excluding hydrogens is 254 g/mol. The van der Waals surface area contributed by atoms with Crippen LogP contribution in [-0.2, 0) is 6.42 Å². The van der Waals surface area contributed by atoms with Gasteiger partial charge in [-0.05, 0) is 80.5 Å². The van der Waals surface area contributed by atoms with Gasteiger partial charge in [-0.25, -0.2) is 0 Å². The number of benzene rings is 1. The van der Waals surface area contributed by atoms with Crippen LogP contribution in [0.4, 0.5) is 0 Å². The van der Waals surface area contributed by atoms with Crippen LogP contribution < -0.4 is 5.32 Å². The van der Waals surface area contributed by atoms with Gasteiger partial charge in [-0.3, -0.25) is 0 Å². The minimum Gasteiger partial charge on any atom is -0.316 e. The number of rotatable bonds is 6. The van der Waals surface area contributed by atoms with E-state index in [0.29, 0.717) is 5.41 Å². The van der Waals surface area contributed by atoms with E-state index in [0.717, 1.165) is 18.4 Å². The minimum absolute atomic E-state index is 0.522. The lowest BCUT2D eigenvalue weighted by molar-refractivity contribution is 0.116. The Labute approximate surface area is 131 Å². The molecule has 1 saturated carbocycles. The Kier molecular flexibility index (Phi) is 5.87. The summed E-state index contributed by atoms with van der Waals surface area (Å²) < 4.78 is 0. The predicted octanol–water partition coefficient (Wildman–Crippen LogP) is 4.98. The average molecular weight is 287 g/mol. The standard InChI is InChI=1S/C20H33N/c1-5-12-21-15-18-10-11-20(3,4)14-19(18)13-17-9-7-6-8-16(17)2/h6-9,18-19,21H,5,10-15H2,1-4H3. The molecular formula is C20H33N. The Morgan fingerprint density at radius 1 is 1.19 bits per heavy atom. The lowest BCUT2D eigenvalue weighted by atomic mass is 9.65. The molecule has 2 rings (SSSR count). The molecule has 1 nitrogen and oxygen atoms in total. The van der Waals surface area contributed by atoms with Gasteiger partial charge >= 0.3 is 0 Å². The fourth-order valence-corrected chi connectivity index (χ4v) is 3.88. The van der Waals surface area contributed by atoms with Gasteiger partial charge in [-0.1, -0.05) is 45.0 Å². The van der Waals surface area contributed by atoms with E-state index < -0.39 is 0 Å². The molecule has 1 aromatic carbocycles. The molecule has 1 N–H and O–H groups in total. The van der Waals surface area contributed by atoms with Gasteiger partial charge in [0.05, 0.1) is 0 Å². The molecule has 0 bridgehead atoms. The molecule has 21 heavy (non-hydrogen) atoms. The number of nitrogens with one attached hydrogen (secondary N) is 1. The van der Waals surface area contributed by atoms with Crippen LogP contribution in [0.1, 0.15) is 57.6 Å². The molecule has 2 unspecified atom stereocenters. The quantitative estimate of drug-likeness (QED) is 0.728. The zero-order valence-corrected chi connectivity index (χ0v) is 14.4. The highest BCUT2D eigenvalue weighted by Crippen LogP contribution is 2.43. The molecule has 1 aliphatic carbocycles. The van der Waals surface area contributed by atoms with Crippen molar-refractivity contribution in [1.82, 2.24) is 5.32 Å². The Balaban J connectivity index is 2.04. The van der Waals surface area contributed by atoms with E-state index in [2.05, 4.69) is 57.3 Å². The zero-order chi connectivity index (χ0) is 15.3. The maximum absolute atomic E-state index is 3.66. The molecule has 0 amide bonds. The molecule has 0 aliphatic heterocycles. The lowest BCUT2D eigenvalue weighted by Gasteiger charge is -2.41. The van der Waals surface area contributed by atoms with Crippen molar-refractivity contribution < 1.29 is 0 Å². The van der Waals surface area contributed by atoms with Crippen molar-refractivity contribution in [3.8, 4) is 0 Å². The fraction of sp³-hybridized carbons (Fsp3) is 0.700. The average Bonchev–Trinajstić information content (AvgIpc) is 2.43. The smallest absolute Gasteiger partial charge is 0.00177 e. The molecule has 1 aliphatic rings. The first-order valence-corrected chi connectivity index (χ1v) is 8.77. The van der Waals surface area contributed by atoms with Crippen molar-refractivity contribution in [3.05, 3.63) is 35.4 Å². The second-order valence-electron chi connectivity index (χ2n) is 7.76. The van der Waals surface area contributed by atoms with Gasteiger partial charge in [0.25, 0.3) is 0 Å². The topological polar surface area (TPSA) is 12.0 Å². The summed E-state index contributed by atoms with van der Waals surface area (Å²) in [5, 5.41) is 3.66. The first-order chi connectivity index (χ1) is 10.0. The van der Waals surface area contributed by atoms with Crippen molar-refractivity contribution in [3.63, 3.8) is 0 Å². The van der Waals surface area contributed by atoms with Crippen LogP contribution in [0.2, 0.25) is 0 Å².